The molecule has 2 aliphatic rings. The van der Waals surface area contributed by atoms with Crippen molar-refractivity contribution in [2.45, 2.75) is 136 Å². The Balaban J connectivity index is 1.28. The molecule has 4 aromatic rings. The maximum atomic E-state index is 14.6. The third-order valence-corrected chi connectivity index (χ3v) is 10.4. The number of benzene rings is 2. The number of aromatic nitrogens is 4. The molecule has 2 unspecified atom stereocenters. The fourth-order valence-electron chi connectivity index (χ4n) is 7.13. The summed E-state index contributed by atoms with van der Waals surface area (Å²) in [5.74, 6) is 1.90. The number of hydroxylamine groups is 1. The Morgan fingerprint density at radius 1 is 1.08 bits per heavy atom. The molecule has 2 atom stereocenters. The summed E-state index contributed by atoms with van der Waals surface area (Å²) in [7, 11) is 0. The highest BCUT2D eigenvalue weighted by Crippen LogP contribution is 2.39. The van der Waals surface area contributed by atoms with Gasteiger partial charge in [0.05, 0.1) is 29.6 Å². The summed E-state index contributed by atoms with van der Waals surface area (Å²) < 4.78 is 16.0. The van der Waals surface area contributed by atoms with E-state index in [2.05, 4.69) is 61.6 Å². The summed E-state index contributed by atoms with van der Waals surface area (Å²) in [6, 6.07) is 16.5. The van der Waals surface area contributed by atoms with E-state index in [0.717, 1.165) is 84.9 Å². The summed E-state index contributed by atoms with van der Waals surface area (Å²) in [4.78, 5) is 29.6. The first kappa shape index (κ1) is 36.9. The zero-order chi connectivity index (χ0) is 36.3. The first-order valence-electron chi connectivity index (χ1n) is 18.6. The second-order valence-corrected chi connectivity index (χ2v) is 15.0. The van der Waals surface area contributed by atoms with Crippen molar-refractivity contribution in [1.29, 1.82) is 0 Å². The van der Waals surface area contributed by atoms with Gasteiger partial charge in [0, 0.05) is 23.6 Å². The zero-order valence-corrected chi connectivity index (χ0v) is 31.2. The highest BCUT2D eigenvalue weighted by molar-refractivity contribution is 6.04. The number of hydrogen-bond acceptors (Lipinski definition) is 9. The van der Waals surface area contributed by atoms with Gasteiger partial charge in [0.25, 0.3) is 12.0 Å². The lowest BCUT2D eigenvalue weighted by atomic mass is 9.82. The average molecular weight is 699 g/mol. The lowest BCUT2D eigenvalue weighted by molar-refractivity contribution is -0.163. The molecule has 11 heteroatoms. The van der Waals surface area contributed by atoms with Gasteiger partial charge in [-0.15, -0.1) is 0 Å². The maximum absolute atomic E-state index is 14.6. The van der Waals surface area contributed by atoms with Crippen molar-refractivity contribution in [3.8, 4) is 11.1 Å². The van der Waals surface area contributed by atoms with Gasteiger partial charge in [-0.1, -0.05) is 75.2 Å². The topological polar surface area (TPSA) is 125 Å². The Labute approximate surface area is 301 Å². The van der Waals surface area contributed by atoms with Crippen molar-refractivity contribution >= 4 is 11.6 Å². The smallest absolute Gasteiger partial charge is 0.282 e. The number of nitrogens with one attached hydrogen (secondary N) is 1. The maximum Gasteiger partial charge on any atom is 0.282 e. The van der Waals surface area contributed by atoms with Crippen molar-refractivity contribution in [2.75, 3.05) is 6.61 Å². The van der Waals surface area contributed by atoms with E-state index in [1.54, 1.807) is 13.8 Å². The number of ether oxygens (including phenoxy) is 2. The summed E-state index contributed by atoms with van der Waals surface area (Å²) >= 11 is 0. The molecule has 274 valence electrons. The fourth-order valence-corrected chi connectivity index (χ4v) is 7.13. The molecule has 1 saturated carbocycles. The van der Waals surface area contributed by atoms with Crippen LogP contribution in [0.5, 0.6) is 0 Å². The molecular weight excluding hydrogens is 644 g/mol. The normalized spacial score (nSPS) is 21.5. The Morgan fingerprint density at radius 3 is 2.45 bits per heavy atom. The van der Waals surface area contributed by atoms with Gasteiger partial charge in [-0.05, 0) is 89.8 Å². The van der Waals surface area contributed by atoms with Crippen LogP contribution in [0, 0.1) is 6.92 Å². The number of unbranched alkanes of at least 4 members (excludes halogenated alkanes) is 1. The second kappa shape index (κ2) is 15.4. The largest absolute Gasteiger partial charge is 0.388 e. The minimum absolute atomic E-state index is 0.00758. The molecule has 2 aromatic carbocycles. The van der Waals surface area contributed by atoms with Gasteiger partial charge < -0.3 is 14.6 Å². The third kappa shape index (κ3) is 8.12. The lowest BCUT2D eigenvalue weighted by Gasteiger charge is -2.42. The van der Waals surface area contributed by atoms with Gasteiger partial charge in [0.1, 0.15) is 5.82 Å². The van der Waals surface area contributed by atoms with Crippen molar-refractivity contribution in [3.63, 3.8) is 0 Å². The molecule has 0 radical (unpaired) electrons. The SMILES string of the molecule is CCCCOC1N=C(c2ccccc2-c2ccc(Cc3c(CCC)n4nc(C)nc4n(C4CCC(C)(OC(C)C(C)(C)O)CC4)c3=O)cc2)NO1. The number of nitrogens with zero attached hydrogens (tertiary/aromatic N) is 5. The predicted molar refractivity (Wildman–Crippen MR) is 199 cm³/mol. The molecule has 0 spiro atoms. The Morgan fingerprint density at radius 2 is 1.78 bits per heavy atom. The van der Waals surface area contributed by atoms with Crippen LogP contribution >= 0.6 is 0 Å². The van der Waals surface area contributed by atoms with Crippen LogP contribution in [0.4, 0.5) is 0 Å². The molecule has 2 aromatic heterocycles. The monoisotopic (exact) mass is 698 g/mol. The molecule has 0 bridgehead atoms. The number of amidine groups is 1. The molecule has 6 rings (SSSR count). The summed E-state index contributed by atoms with van der Waals surface area (Å²) in [5.41, 5.74) is 7.37. The summed E-state index contributed by atoms with van der Waals surface area (Å²) in [6.07, 6.45) is 6.21. The average Bonchev–Trinajstić information content (AvgIpc) is 3.73. The van der Waals surface area contributed by atoms with E-state index >= 15 is 0 Å². The molecule has 1 fully saturated rings. The van der Waals surface area contributed by atoms with Crippen molar-refractivity contribution in [1.82, 2.24) is 24.6 Å². The Kier molecular flexibility index (Phi) is 11.1. The van der Waals surface area contributed by atoms with Gasteiger partial charge in [-0.25, -0.2) is 19.8 Å². The highest BCUT2D eigenvalue weighted by Gasteiger charge is 2.38. The van der Waals surface area contributed by atoms with Crippen LogP contribution in [-0.4, -0.2) is 60.4 Å². The van der Waals surface area contributed by atoms with E-state index in [1.807, 2.05) is 41.1 Å². The van der Waals surface area contributed by atoms with E-state index in [4.69, 9.17) is 24.4 Å². The number of rotatable bonds is 14. The quantitative estimate of drug-likeness (QED) is 0.137. The molecule has 0 amide bonds. The van der Waals surface area contributed by atoms with Crippen LogP contribution in [0.15, 0.2) is 58.3 Å². The van der Waals surface area contributed by atoms with Gasteiger partial charge >= 0.3 is 0 Å². The van der Waals surface area contributed by atoms with E-state index in [0.29, 0.717) is 30.5 Å². The number of fused-ring (bicyclic) bond motifs is 1. The Bertz CT molecular complexity index is 1900. The van der Waals surface area contributed by atoms with E-state index in [9.17, 15) is 9.90 Å². The summed E-state index contributed by atoms with van der Waals surface area (Å²) in [5, 5.41) is 15.3. The fraction of sp³-hybridized carbons (Fsp3) is 0.550. The zero-order valence-electron chi connectivity index (χ0n) is 31.2. The van der Waals surface area contributed by atoms with Gasteiger partial charge in [0.2, 0.25) is 5.78 Å². The van der Waals surface area contributed by atoms with Crippen LogP contribution in [0.3, 0.4) is 0 Å². The van der Waals surface area contributed by atoms with Crippen LogP contribution in [0.1, 0.15) is 121 Å². The van der Waals surface area contributed by atoms with Crippen LogP contribution in [-0.2, 0) is 27.2 Å². The highest BCUT2D eigenvalue weighted by atomic mass is 16.8. The van der Waals surface area contributed by atoms with E-state index in [-0.39, 0.29) is 23.3 Å². The standard InChI is InChI=1S/C40H54N6O5/c1-8-10-24-49-38-42-35(44-51-38)32-15-12-11-14-31(32)29-18-16-28(17-19-29)25-33-34(13-9-2)46-37(41-27(4)43-46)45(36(33)47)30-20-22-40(7,23-21-30)50-26(3)39(5,6)48/h11-12,14-19,26,30,38,48H,8-10,13,20-25H2,1-7H3,(H,42,44). The van der Waals surface area contributed by atoms with Gasteiger partial charge in [-0.2, -0.15) is 10.1 Å². The molecular formula is C40H54N6O5. The molecule has 3 heterocycles. The van der Waals surface area contributed by atoms with Crippen molar-refractivity contribution in [2.24, 2.45) is 4.99 Å². The number of hydrogen-bond donors (Lipinski definition) is 2. The molecule has 1 aliphatic carbocycles. The molecule has 1 aliphatic heterocycles. The predicted octanol–water partition coefficient (Wildman–Crippen LogP) is 6.84. The number of aliphatic hydroxyl groups is 1. The molecule has 0 saturated heterocycles. The van der Waals surface area contributed by atoms with E-state index in [1.165, 1.54) is 0 Å². The van der Waals surface area contributed by atoms with Gasteiger partial charge in [0.15, 0.2) is 5.84 Å². The van der Waals surface area contributed by atoms with Crippen molar-refractivity contribution < 1.29 is 19.4 Å². The lowest BCUT2D eigenvalue weighted by Crippen LogP contribution is -2.45. The Hall–Kier alpha value is -3.90. The molecule has 11 nitrogen and oxygen atoms in total. The number of aryl methyl sites for hydroxylation is 2. The van der Waals surface area contributed by atoms with Crippen molar-refractivity contribution in [3.05, 3.63) is 87.1 Å². The molecule has 2 N–H and O–H groups in total. The minimum atomic E-state index is -0.933. The van der Waals surface area contributed by atoms with Crippen LogP contribution in [0.2, 0.25) is 0 Å². The van der Waals surface area contributed by atoms with Crippen LogP contribution in [0.25, 0.3) is 16.9 Å². The third-order valence-electron chi connectivity index (χ3n) is 10.4. The van der Waals surface area contributed by atoms with Gasteiger partial charge in [-0.3, -0.25) is 9.36 Å². The summed E-state index contributed by atoms with van der Waals surface area (Å²) in [6.45, 7) is 14.3. The van der Waals surface area contributed by atoms with E-state index < -0.39 is 12.0 Å². The van der Waals surface area contributed by atoms with Crippen LogP contribution < -0.4 is 11.0 Å². The molecule has 51 heavy (non-hydrogen) atoms. The first-order chi connectivity index (χ1) is 24.4. The second-order valence-electron chi connectivity index (χ2n) is 15.0. The minimum Gasteiger partial charge on any atom is -0.388 e. The number of aliphatic imine (C=N–C) groups is 1. The first-order valence-corrected chi connectivity index (χ1v) is 18.6.